The number of carbonyl (C=O) groups excluding carboxylic acids is 2. The van der Waals surface area contributed by atoms with Gasteiger partial charge in [-0.3, -0.25) is 9.69 Å². The highest BCUT2D eigenvalue weighted by molar-refractivity contribution is 5.73. The largest absolute Gasteiger partial charge is 0.434 e. The molecule has 0 N–H and O–H groups in total. The molecular formula is C25H29F9N4O3. The first-order chi connectivity index (χ1) is 18.9. The maximum Gasteiger partial charge on any atom is 0.434 e. The van der Waals surface area contributed by atoms with Crippen molar-refractivity contribution >= 4 is 17.7 Å². The molecule has 41 heavy (non-hydrogen) atoms. The number of amides is 2. The van der Waals surface area contributed by atoms with Gasteiger partial charge in [0.25, 0.3) is 6.10 Å². The predicted molar refractivity (Wildman–Crippen MR) is 127 cm³/mol. The van der Waals surface area contributed by atoms with Crippen LogP contribution in [0.25, 0.3) is 0 Å². The smallest absolute Gasteiger partial charge is 0.426 e. The number of halogens is 9. The van der Waals surface area contributed by atoms with Crippen molar-refractivity contribution < 1.29 is 53.8 Å². The van der Waals surface area contributed by atoms with Crippen LogP contribution < -0.4 is 4.90 Å². The van der Waals surface area contributed by atoms with Crippen molar-refractivity contribution in [3.8, 4) is 0 Å². The first kappa shape index (κ1) is 31.0. The molecule has 2 amide bonds. The maximum atomic E-state index is 14.0. The van der Waals surface area contributed by atoms with Crippen LogP contribution in [0.2, 0.25) is 0 Å². The van der Waals surface area contributed by atoms with Crippen LogP contribution in [-0.2, 0) is 22.3 Å². The second-order valence-corrected chi connectivity index (χ2v) is 10.8. The average molecular weight is 605 g/mol. The van der Waals surface area contributed by atoms with E-state index in [0.29, 0.717) is 45.0 Å². The molecule has 16 heteroatoms. The summed E-state index contributed by atoms with van der Waals surface area (Å²) in [6.07, 6.45) is -21.7. The standard InChI is InChI=1S/C25H29F9N4O3/c1-16(39)36-9-11-37(12-10-36)19-4-2-3-18(23(26,27)28)17(19)13-35-14-22(15-35)5-7-38(8-6-22)21(40)41-20(24(29,30)31)25(32,33)34/h2-4,20H,5-15H2,1H3. The van der Waals surface area contributed by atoms with Crippen molar-refractivity contribution in [2.24, 2.45) is 5.41 Å². The van der Waals surface area contributed by atoms with Crippen LogP contribution in [0.1, 0.15) is 30.9 Å². The van der Waals surface area contributed by atoms with Crippen LogP contribution in [0.15, 0.2) is 18.2 Å². The second-order valence-electron chi connectivity index (χ2n) is 10.8. The summed E-state index contributed by atoms with van der Waals surface area (Å²) in [5.41, 5.74) is -0.681. The summed E-state index contributed by atoms with van der Waals surface area (Å²) in [7, 11) is 0. The fourth-order valence-electron chi connectivity index (χ4n) is 5.78. The molecule has 4 rings (SSSR count). The predicted octanol–water partition coefficient (Wildman–Crippen LogP) is 4.90. The summed E-state index contributed by atoms with van der Waals surface area (Å²) < 4.78 is 122. The fourth-order valence-corrected chi connectivity index (χ4v) is 5.78. The molecule has 3 aliphatic rings. The number of piperidine rings is 1. The van der Waals surface area contributed by atoms with Crippen molar-refractivity contribution in [2.45, 2.75) is 50.9 Å². The number of anilines is 1. The van der Waals surface area contributed by atoms with E-state index < -0.39 is 41.7 Å². The van der Waals surface area contributed by atoms with E-state index in [-0.39, 0.29) is 43.9 Å². The van der Waals surface area contributed by atoms with Gasteiger partial charge in [0.15, 0.2) is 0 Å². The van der Waals surface area contributed by atoms with Gasteiger partial charge in [0.1, 0.15) is 0 Å². The van der Waals surface area contributed by atoms with E-state index in [4.69, 9.17) is 0 Å². The minimum absolute atomic E-state index is 0.0235. The summed E-state index contributed by atoms with van der Waals surface area (Å²) in [5, 5.41) is 0. The van der Waals surface area contributed by atoms with Gasteiger partial charge in [-0.2, -0.15) is 39.5 Å². The Morgan fingerprint density at radius 3 is 1.90 bits per heavy atom. The molecule has 0 radical (unpaired) electrons. The number of rotatable bonds is 4. The Bertz CT molecular complexity index is 1100. The van der Waals surface area contributed by atoms with Gasteiger partial charge in [-0.05, 0) is 30.4 Å². The number of carbonyl (C=O) groups is 2. The van der Waals surface area contributed by atoms with E-state index in [1.54, 1.807) is 15.9 Å². The van der Waals surface area contributed by atoms with E-state index in [1.807, 2.05) is 4.90 Å². The highest BCUT2D eigenvalue weighted by Gasteiger charge is 2.60. The molecule has 0 saturated carbocycles. The summed E-state index contributed by atoms with van der Waals surface area (Å²) >= 11 is 0. The number of likely N-dealkylation sites (tertiary alicyclic amines) is 2. The van der Waals surface area contributed by atoms with Crippen LogP contribution in [0, 0.1) is 5.41 Å². The van der Waals surface area contributed by atoms with E-state index >= 15 is 0 Å². The number of alkyl halides is 9. The molecule has 3 heterocycles. The monoisotopic (exact) mass is 604 g/mol. The van der Waals surface area contributed by atoms with Crippen LogP contribution in [0.5, 0.6) is 0 Å². The van der Waals surface area contributed by atoms with Gasteiger partial charge in [-0.25, -0.2) is 4.79 Å². The Kier molecular flexibility index (Phi) is 8.37. The van der Waals surface area contributed by atoms with Gasteiger partial charge in [-0.15, -0.1) is 0 Å². The average Bonchev–Trinajstić information content (AvgIpc) is 2.84. The van der Waals surface area contributed by atoms with Gasteiger partial charge in [0, 0.05) is 77.1 Å². The van der Waals surface area contributed by atoms with Crippen LogP contribution in [0.4, 0.5) is 50.0 Å². The van der Waals surface area contributed by atoms with Crippen molar-refractivity contribution in [3.63, 3.8) is 0 Å². The normalized spacial score (nSPS) is 20.4. The molecule has 1 spiro atoms. The third kappa shape index (κ3) is 6.95. The molecule has 230 valence electrons. The molecule has 3 aliphatic heterocycles. The van der Waals surface area contributed by atoms with Gasteiger partial charge in [0.05, 0.1) is 5.56 Å². The van der Waals surface area contributed by atoms with Gasteiger partial charge in [0.2, 0.25) is 5.91 Å². The van der Waals surface area contributed by atoms with E-state index in [1.165, 1.54) is 13.0 Å². The maximum absolute atomic E-state index is 14.0. The van der Waals surface area contributed by atoms with Crippen molar-refractivity contribution in [1.82, 2.24) is 14.7 Å². The van der Waals surface area contributed by atoms with Crippen molar-refractivity contribution in [2.75, 3.05) is 57.3 Å². The summed E-state index contributed by atoms with van der Waals surface area (Å²) in [6, 6.07) is 3.97. The lowest BCUT2D eigenvalue weighted by atomic mass is 9.72. The molecule has 0 aromatic heterocycles. The summed E-state index contributed by atoms with van der Waals surface area (Å²) in [6.45, 7) is 3.33. The lowest BCUT2D eigenvalue weighted by Gasteiger charge is -2.54. The van der Waals surface area contributed by atoms with Crippen LogP contribution >= 0.6 is 0 Å². The molecule has 3 saturated heterocycles. The third-order valence-corrected chi connectivity index (χ3v) is 7.92. The van der Waals surface area contributed by atoms with Gasteiger partial charge < -0.3 is 19.4 Å². The Labute approximate surface area is 229 Å². The molecule has 0 aliphatic carbocycles. The molecule has 0 unspecified atom stereocenters. The Balaban J connectivity index is 1.39. The van der Waals surface area contributed by atoms with Crippen molar-refractivity contribution in [1.29, 1.82) is 0 Å². The zero-order chi connectivity index (χ0) is 30.4. The lowest BCUT2D eigenvalue weighted by molar-refractivity contribution is -0.308. The quantitative estimate of drug-likeness (QED) is 0.458. The van der Waals surface area contributed by atoms with Gasteiger partial charge in [-0.1, -0.05) is 6.07 Å². The topological polar surface area (TPSA) is 56.3 Å². The number of piperazine rings is 1. The summed E-state index contributed by atoms with van der Waals surface area (Å²) in [5.74, 6) is -0.111. The minimum Gasteiger partial charge on any atom is -0.426 e. The van der Waals surface area contributed by atoms with Crippen LogP contribution in [0.3, 0.4) is 0 Å². The van der Waals surface area contributed by atoms with Gasteiger partial charge >= 0.3 is 24.6 Å². The number of hydrogen-bond acceptors (Lipinski definition) is 5. The number of ether oxygens (including phenoxy) is 1. The third-order valence-electron chi connectivity index (χ3n) is 7.92. The Hall–Kier alpha value is -2.91. The lowest BCUT2D eigenvalue weighted by Crippen LogP contribution is -2.60. The highest BCUT2D eigenvalue weighted by Crippen LogP contribution is 2.44. The number of nitrogens with zero attached hydrogens (tertiary/aromatic N) is 4. The molecule has 0 atom stereocenters. The zero-order valence-electron chi connectivity index (χ0n) is 22.0. The van der Waals surface area contributed by atoms with E-state index in [2.05, 4.69) is 4.74 Å². The zero-order valence-corrected chi connectivity index (χ0v) is 22.0. The van der Waals surface area contributed by atoms with E-state index in [0.717, 1.165) is 11.0 Å². The molecular weight excluding hydrogens is 575 g/mol. The number of hydrogen-bond donors (Lipinski definition) is 0. The van der Waals surface area contributed by atoms with Crippen molar-refractivity contribution in [3.05, 3.63) is 29.3 Å². The Morgan fingerprint density at radius 1 is 0.854 bits per heavy atom. The van der Waals surface area contributed by atoms with E-state index in [9.17, 15) is 49.1 Å². The first-order valence-electron chi connectivity index (χ1n) is 12.9. The molecule has 1 aromatic carbocycles. The molecule has 3 fully saturated rings. The Morgan fingerprint density at radius 2 is 1.41 bits per heavy atom. The highest BCUT2D eigenvalue weighted by atomic mass is 19.4. The minimum atomic E-state index is -5.81. The first-order valence-corrected chi connectivity index (χ1v) is 12.9. The molecule has 7 nitrogen and oxygen atoms in total. The summed E-state index contributed by atoms with van der Waals surface area (Å²) in [4.78, 5) is 29.7. The second kappa shape index (κ2) is 11.1. The van der Waals surface area contributed by atoms with Crippen LogP contribution in [-0.4, -0.2) is 97.5 Å². The fraction of sp³-hybridized carbons (Fsp3) is 0.680. The SMILES string of the molecule is CC(=O)N1CCN(c2cccc(C(F)(F)F)c2CN2CC3(CCN(C(=O)OC(C(F)(F)F)C(F)(F)F)CC3)C2)CC1. The number of benzene rings is 1. The molecule has 0 bridgehead atoms. The molecule has 1 aromatic rings.